The van der Waals surface area contributed by atoms with Gasteiger partial charge in [0.15, 0.2) is 0 Å². The quantitative estimate of drug-likeness (QED) is 0.845. The lowest BCUT2D eigenvalue weighted by atomic mass is 10.0. The first-order valence-corrected chi connectivity index (χ1v) is 5.74. The number of aromatic nitrogens is 1. The number of nitrogens with zero attached hydrogens (tertiary/aromatic N) is 1. The predicted molar refractivity (Wildman–Crippen MR) is 64.0 cm³/mol. The normalized spacial score (nSPS) is 17.5. The third-order valence-corrected chi connectivity index (χ3v) is 2.89. The van der Waals surface area contributed by atoms with Gasteiger partial charge >= 0.3 is 0 Å². The van der Waals surface area contributed by atoms with E-state index in [1.165, 1.54) is 5.56 Å². The van der Waals surface area contributed by atoms with Gasteiger partial charge < -0.3 is 10.1 Å². The number of pyridine rings is 1. The Kier molecular flexibility index (Phi) is 3.57. The van der Waals surface area contributed by atoms with Crippen molar-refractivity contribution in [1.82, 2.24) is 10.3 Å². The molecule has 2 rings (SSSR count). The Morgan fingerprint density at radius 1 is 1.50 bits per heavy atom. The molecule has 16 heavy (non-hydrogen) atoms. The highest BCUT2D eigenvalue weighted by Gasteiger charge is 2.19. The molecule has 0 aromatic carbocycles. The SMILES string of the molecule is CNC(C1=CCCCO1)c1cccnc1C. The maximum atomic E-state index is 5.71. The van der Waals surface area contributed by atoms with Gasteiger partial charge in [-0.25, -0.2) is 0 Å². The molecule has 0 spiro atoms. The van der Waals surface area contributed by atoms with E-state index in [4.69, 9.17) is 4.74 Å². The van der Waals surface area contributed by atoms with E-state index in [9.17, 15) is 0 Å². The molecule has 1 aliphatic rings. The summed E-state index contributed by atoms with van der Waals surface area (Å²) in [6.45, 7) is 2.85. The van der Waals surface area contributed by atoms with Crippen molar-refractivity contribution in [2.75, 3.05) is 13.7 Å². The second kappa shape index (κ2) is 5.12. The van der Waals surface area contributed by atoms with Crippen molar-refractivity contribution in [3.8, 4) is 0 Å². The van der Waals surface area contributed by atoms with E-state index in [0.29, 0.717) is 0 Å². The zero-order valence-corrected chi connectivity index (χ0v) is 9.86. The van der Waals surface area contributed by atoms with Crippen molar-refractivity contribution >= 4 is 0 Å². The van der Waals surface area contributed by atoms with Gasteiger partial charge in [0.25, 0.3) is 0 Å². The summed E-state index contributed by atoms with van der Waals surface area (Å²) < 4.78 is 5.71. The molecular formula is C13H18N2O. The lowest BCUT2D eigenvalue weighted by molar-refractivity contribution is 0.169. The molecule has 0 saturated carbocycles. The first-order chi connectivity index (χ1) is 7.83. The number of nitrogens with one attached hydrogen (secondary N) is 1. The van der Waals surface area contributed by atoms with Crippen LogP contribution in [-0.4, -0.2) is 18.6 Å². The van der Waals surface area contributed by atoms with Gasteiger partial charge in [-0.3, -0.25) is 4.98 Å². The number of aryl methyl sites for hydroxylation is 1. The van der Waals surface area contributed by atoms with Crippen molar-refractivity contribution in [3.63, 3.8) is 0 Å². The Labute approximate surface area is 96.5 Å². The third-order valence-electron chi connectivity index (χ3n) is 2.89. The Bertz CT molecular complexity index is 387. The molecule has 86 valence electrons. The molecule has 0 saturated heterocycles. The van der Waals surface area contributed by atoms with Crippen molar-refractivity contribution < 1.29 is 4.74 Å². The van der Waals surface area contributed by atoms with Gasteiger partial charge in [0, 0.05) is 11.9 Å². The minimum atomic E-state index is 0.133. The zero-order valence-electron chi connectivity index (χ0n) is 9.86. The Morgan fingerprint density at radius 2 is 2.38 bits per heavy atom. The van der Waals surface area contributed by atoms with Crippen LogP contribution in [0.25, 0.3) is 0 Å². The summed E-state index contributed by atoms with van der Waals surface area (Å²) >= 11 is 0. The highest BCUT2D eigenvalue weighted by Crippen LogP contribution is 2.26. The van der Waals surface area contributed by atoms with E-state index in [0.717, 1.165) is 30.9 Å². The Balaban J connectivity index is 2.28. The van der Waals surface area contributed by atoms with Crippen LogP contribution in [0.1, 0.15) is 30.1 Å². The van der Waals surface area contributed by atoms with Gasteiger partial charge in [-0.15, -0.1) is 0 Å². The first kappa shape index (κ1) is 11.1. The van der Waals surface area contributed by atoms with Crippen molar-refractivity contribution in [3.05, 3.63) is 41.4 Å². The summed E-state index contributed by atoms with van der Waals surface area (Å²) in [5.74, 6) is 1.03. The fraction of sp³-hybridized carbons (Fsp3) is 0.462. The van der Waals surface area contributed by atoms with Gasteiger partial charge in [-0.1, -0.05) is 6.07 Å². The van der Waals surface area contributed by atoms with Crippen LogP contribution in [0.15, 0.2) is 30.2 Å². The third kappa shape index (κ3) is 2.25. The number of rotatable bonds is 3. The molecular weight excluding hydrogens is 200 g/mol. The molecule has 1 aliphatic heterocycles. The van der Waals surface area contributed by atoms with Crippen molar-refractivity contribution in [1.29, 1.82) is 0 Å². The fourth-order valence-electron chi connectivity index (χ4n) is 2.03. The van der Waals surface area contributed by atoms with Crippen LogP contribution < -0.4 is 5.32 Å². The molecule has 2 heterocycles. The minimum absolute atomic E-state index is 0.133. The molecule has 0 aliphatic carbocycles. The zero-order chi connectivity index (χ0) is 11.4. The highest BCUT2D eigenvalue weighted by molar-refractivity contribution is 5.29. The first-order valence-electron chi connectivity index (χ1n) is 5.74. The van der Waals surface area contributed by atoms with E-state index < -0.39 is 0 Å². The fourth-order valence-corrected chi connectivity index (χ4v) is 2.03. The van der Waals surface area contributed by atoms with E-state index >= 15 is 0 Å². The molecule has 1 atom stereocenters. The standard InChI is InChI=1S/C13H18N2O/c1-10-11(6-5-8-15-10)13(14-2)12-7-3-4-9-16-12/h5-8,13-14H,3-4,9H2,1-2H3. The Morgan fingerprint density at radius 3 is 3.00 bits per heavy atom. The van der Waals surface area contributed by atoms with E-state index in [1.54, 1.807) is 0 Å². The largest absolute Gasteiger partial charge is 0.496 e. The van der Waals surface area contributed by atoms with Crippen molar-refractivity contribution in [2.24, 2.45) is 0 Å². The summed E-state index contributed by atoms with van der Waals surface area (Å²) in [5.41, 5.74) is 2.25. The van der Waals surface area contributed by atoms with Crippen molar-refractivity contribution in [2.45, 2.75) is 25.8 Å². The maximum Gasteiger partial charge on any atom is 0.113 e. The molecule has 3 nitrogen and oxygen atoms in total. The molecule has 0 bridgehead atoms. The number of likely N-dealkylation sites (N-methyl/N-ethyl adjacent to an activating group) is 1. The van der Waals surface area contributed by atoms with Crippen LogP contribution in [0.5, 0.6) is 0 Å². The van der Waals surface area contributed by atoms with E-state index in [2.05, 4.69) is 22.4 Å². The summed E-state index contributed by atoms with van der Waals surface area (Å²) in [4.78, 5) is 4.32. The molecule has 1 aromatic rings. The van der Waals surface area contributed by atoms with Crippen LogP contribution in [0.2, 0.25) is 0 Å². The Hall–Kier alpha value is -1.35. The number of allylic oxidation sites excluding steroid dienone is 1. The molecule has 0 fully saturated rings. The molecule has 1 N–H and O–H groups in total. The number of hydrogen-bond acceptors (Lipinski definition) is 3. The van der Waals surface area contributed by atoms with Gasteiger partial charge in [0.1, 0.15) is 5.76 Å². The number of ether oxygens (including phenoxy) is 1. The second-order valence-corrected chi connectivity index (χ2v) is 4.00. The smallest absolute Gasteiger partial charge is 0.113 e. The van der Waals surface area contributed by atoms with Crippen LogP contribution in [0.3, 0.4) is 0 Å². The summed E-state index contributed by atoms with van der Waals surface area (Å²) in [6, 6.07) is 4.20. The van der Waals surface area contributed by atoms with E-state index in [1.807, 2.05) is 26.2 Å². The predicted octanol–water partition coefficient (Wildman–Crippen LogP) is 2.34. The molecule has 3 heteroatoms. The monoisotopic (exact) mass is 218 g/mol. The lowest BCUT2D eigenvalue weighted by Crippen LogP contribution is -2.23. The topological polar surface area (TPSA) is 34.1 Å². The lowest BCUT2D eigenvalue weighted by Gasteiger charge is -2.24. The van der Waals surface area contributed by atoms with Crippen LogP contribution in [0.4, 0.5) is 0 Å². The summed E-state index contributed by atoms with van der Waals surface area (Å²) in [7, 11) is 1.95. The van der Waals surface area contributed by atoms with Gasteiger partial charge in [-0.05, 0) is 44.5 Å². The molecule has 1 aromatic heterocycles. The average molecular weight is 218 g/mol. The second-order valence-electron chi connectivity index (χ2n) is 4.00. The number of hydrogen-bond donors (Lipinski definition) is 1. The van der Waals surface area contributed by atoms with Crippen LogP contribution in [-0.2, 0) is 4.74 Å². The van der Waals surface area contributed by atoms with E-state index in [-0.39, 0.29) is 6.04 Å². The summed E-state index contributed by atoms with van der Waals surface area (Å²) in [5, 5.41) is 3.30. The molecule has 1 unspecified atom stereocenters. The van der Waals surface area contributed by atoms with Gasteiger partial charge in [0.05, 0.1) is 12.6 Å². The minimum Gasteiger partial charge on any atom is -0.496 e. The summed E-state index contributed by atoms with van der Waals surface area (Å²) in [6.07, 6.45) is 6.22. The highest BCUT2D eigenvalue weighted by atomic mass is 16.5. The van der Waals surface area contributed by atoms with Crippen LogP contribution >= 0.6 is 0 Å². The van der Waals surface area contributed by atoms with Gasteiger partial charge in [-0.2, -0.15) is 0 Å². The van der Waals surface area contributed by atoms with Crippen LogP contribution in [0, 0.1) is 6.92 Å². The molecule has 0 amide bonds. The molecule has 0 radical (unpaired) electrons. The average Bonchev–Trinajstić information content (AvgIpc) is 2.34. The van der Waals surface area contributed by atoms with Gasteiger partial charge in [0.2, 0.25) is 0 Å². The maximum absolute atomic E-state index is 5.71.